The molecule has 98 valence electrons. The maximum Gasteiger partial charge on any atom is 0.165 e. The van der Waals surface area contributed by atoms with Crippen LogP contribution >= 0.6 is 0 Å². The highest BCUT2D eigenvalue weighted by molar-refractivity contribution is 6.01. The molecular formula is C16H17NO2. The number of ketones is 1. The van der Waals surface area contributed by atoms with Gasteiger partial charge in [0, 0.05) is 12.0 Å². The Morgan fingerprint density at radius 3 is 2.53 bits per heavy atom. The number of benzene rings is 2. The summed E-state index contributed by atoms with van der Waals surface area (Å²) in [7, 11) is 1.55. The summed E-state index contributed by atoms with van der Waals surface area (Å²) in [5.41, 5.74) is 8.02. The van der Waals surface area contributed by atoms with Crippen molar-refractivity contribution >= 4 is 11.5 Å². The minimum atomic E-state index is 0.0419. The number of hydrogen-bond donors (Lipinski definition) is 1. The highest BCUT2D eigenvalue weighted by atomic mass is 16.5. The van der Waals surface area contributed by atoms with Gasteiger partial charge in [-0.2, -0.15) is 0 Å². The third-order valence-electron chi connectivity index (χ3n) is 3.07. The Morgan fingerprint density at radius 1 is 1.11 bits per heavy atom. The number of aryl methyl sites for hydroxylation is 1. The van der Waals surface area contributed by atoms with Crippen molar-refractivity contribution in [2.24, 2.45) is 0 Å². The van der Waals surface area contributed by atoms with Crippen molar-refractivity contribution in [3.63, 3.8) is 0 Å². The van der Waals surface area contributed by atoms with Gasteiger partial charge in [-0.05, 0) is 24.1 Å². The quantitative estimate of drug-likeness (QED) is 0.659. The van der Waals surface area contributed by atoms with Gasteiger partial charge in [-0.1, -0.05) is 36.4 Å². The predicted molar refractivity (Wildman–Crippen MR) is 76.5 cm³/mol. The van der Waals surface area contributed by atoms with Gasteiger partial charge >= 0.3 is 0 Å². The third kappa shape index (κ3) is 3.13. The average Bonchev–Trinajstić information content (AvgIpc) is 2.46. The molecule has 0 aliphatic carbocycles. The largest absolute Gasteiger partial charge is 0.495 e. The second kappa shape index (κ2) is 6.05. The summed E-state index contributed by atoms with van der Waals surface area (Å²) in [5, 5.41) is 0. The van der Waals surface area contributed by atoms with E-state index in [1.165, 1.54) is 0 Å². The Hall–Kier alpha value is -2.29. The minimum Gasteiger partial charge on any atom is -0.495 e. The monoisotopic (exact) mass is 255 g/mol. The average molecular weight is 255 g/mol. The van der Waals surface area contributed by atoms with Crippen molar-refractivity contribution in [3.8, 4) is 5.75 Å². The van der Waals surface area contributed by atoms with Crippen LogP contribution in [0.1, 0.15) is 22.3 Å². The molecule has 0 fully saturated rings. The van der Waals surface area contributed by atoms with E-state index in [0.29, 0.717) is 23.4 Å². The van der Waals surface area contributed by atoms with Crippen molar-refractivity contribution < 1.29 is 9.53 Å². The Kier molecular flexibility index (Phi) is 4.18. The number of rotatable bonds is 5. The van der Waals surface area contributed by atoms with E-state index in [1.807, 2.05) is 30.3 Å². The Morgan fingerprint density at radius 2 is 1.84 bits per heavy atom. The molecule has 0 saturated heterocycles. The summed E-state index contributed by atoms with van der Waals surface area (Å²) in [4.78, 5) is 12.2. The molecule has 0 aliphatic rings. The third-order valence-corrected chi connectivity index (χ3v) is 3.07. The molecule has 0 saturated carbocycles. The fourth-order valence-corrected chi connectivity index (χ4v) is 2.00. The van der Waals surface area contributed by atoms with Crippen LogP contribution < -0.4 is 10.5 Å². The summed E-state index contributed by atoms with van der Waals surface area (Å²) in [6, 6.07) is 15.2. The van der Waals surface area contributed by atoms with Gasteiger partial charge in [-0.3, -0.25) is 4.79 Å². The van der Waals surface area contributed by atoms with Crippen molar-refractivity contribution in [2.75, 3.05) is 12.8 Å². The van der Waals surface area contributed by atoms with Crippen LogP contribution in [-0.4, -0.2) is 12.9 Å². The van der Waals surface area contributed by atoms with E-state index >= 15 is 0 Å². The van der Waals surface area contributed by atoms with Crippen molar-refractivity contribution in [3.05, 3.63) is 59.7 Å². The summed E-state index contributed by atoms with van der Waals surface area (Å²) >= 11 is 0. The number of hydrogen-bond acceptors (Lipinski definition) is 3. The van der Waals surface area contributed by atoms with E-state index in [0.717, 1.165) is 12.0 Å². The Balaban J connectivity index is 2.08. The van der Waals surface area contributed by atoms with Gasteiger partial charge in [-0.15, -0.1) is 0 Å². The van der Waals surface area contributed by atoms with E-state index in [2.05, 4.69) is 0 Å². The first-order valence-corrected chi connectivity index (χ1v) is 6.22. The molecule has 3 heteroatoms. The van der Waals surface area contributed by atoms with Crippen molar-refractivity contribution in [2.45, 2.75) is 12.8 Å². The molecule has 2 aromatic rings. The maximum absolute atomic E-state index is 12.2. The number of para-hydroxylation sites is 1. The molecule has 2 aromatic carbocycles. The first-order chi connectivity index (χ1) is 9.22. The molecule has 0 spiro atoms. The van der Waals surface area contributed by atoms with Gasteiger partial charge in [0.25, 0.3) is 0 Å². The van der Waals surface area contributed by atoms with Crippen molar-refractivity contribution in [1.29, 1.82) is 0 Å². The number of ether oxygens (including phenoxy) is 1. The van der Waals surface area contributed by atoms with Crippen LogP contribution in [0.4, 0.5) is 5.69 Å². The van der Waals surface area contributed by atoms with Gasteiger partial charge in [0.1, 0.15) is 5.75 Å². The Bertz CT molecular complexity index is 564. The van der Waals surface area contributed by atoms with Crippen LogP contribution in [0, 0.1) is 0 Å². The molecule has 19 heavy (non-hydrogen) atoms. The molecule has 0 radical (unpaired) electrons. The van der Waals surface area contributed by atoms with Gasteiger partial charge in [-0.25, -0.2) is 0 Å². The molecule has 0 aromatic heterocycles. The number of Topliss-reactive ketones (excluding diaryl/α,β-unsaturated/α-hetero) is 1. The molecule has 0 unspecified atom stereocenters. The minimum absolute atomic E-state index is 0.0419. The summed E-state index contributed by atoms with van der Waals surface area (Å²) in [6.45, 7) is 0. The zero-order valence-corrected chi connectivity index (χ0v) is 10.9. The summed E-state index contributed by atoms with van der Waals surface area (Å²) in [5.74, 6) is 0.589. The molecule has 2 rings (SSSR count). The lowest BCUT2D eigenvalue weighted by Crippen LogP contribution is -2.06. The molecule has 0 heterocycles. The normalized spacial score (nSPS) is 10.2. The zero-order valence-electron chi connectivity index (χ0n) is 10.9. The van der Waals surface area contributed by atoms with E-state index in [9.17, 15) is 4.79 Å². The van der Waals surface area contributed by atoms with Crippen LogP contribution in [0.5, 0.6) is 5.75 Å². The standard InChI is InChI=1S/C16H17NO2/c1-19-15-9-5-8-13(16(15)17)14(18)11-10-12-6-3-2-4-7-12/h2-9H,10-11,17H2,1H3. The lowest BCUT2D eigenvalue weighted by atomic mass is 10.0. The number of carbonyl (C=O) groups is 1. The first kappa shape index (κ1) is 13.1. The fraction of sp³-hybridized carbons (Fsp3) is 0.188. The first-order valence-electron chi connectivity index (χ1n) is 6.22. The smallest absolute Gasteiger partial charge is 0.165 e. The summed E-state index contributed by atoms with van der Waals surface area (Å²) < 4.78 is 5.12. The van der Waals surface area contributed by atoms with Crippen LogP contribution in [0.3, 0.4) is 0 Å². The molecular weight excluding hydrogens is 238 g/mol. The fourth-order valence-electron chi connectivity index (χ4n) is 2.00. The lowest BCUT2D eigenvalue weighted by Gasteiger charge is -2.09. The van der Waals surface area contributed by atoms with Crippen molar-refractivity contribution in [1.82, 2.24) is 0 Å². The van der Waals surface area contributed by atoms with Gasteiger partial charge < -0.3 is 10.5 Å². The highest BCUT2D eigenvalue weighted by Gasteiger charge is 2.12. The predicted octanol–water partition coefficient (Wildman–Crippen LogP) is 3.09. The van der Waals surface area contributed by atoms with Crippen LogP contribution in [0.25, 0.3) is 0 Å². The van der Waals surface area contributed by atoms with Crippen LogP contribution in [0.15, 0.2) is 48.5 Å². The van der Waals surface area contributed by atoms with Crippen LogP contribution in [0.2, 0.25) is 0 Å². The number of anilines is 1. The molecule has 0 amide bonds. The maximum atomic E-state index is 12.2. The number of carbonyl (C=O) groups excluding carboxylic acids is 1. The second-order valence-electron chi connectivity index (χ2n) is 4.33. The number of nitrogen functional groups attached to an aromatic ring is 1. The van der Waals surface area contributed by atoms with Gasteiger partial charge in [0.2, 0.25) is 0 Å². The molecule has 0 aliphatic heterocycles. The Labute approximate surface area is 113 Å². The van der Waals surface area contributed by atoms with E-state index in [4.69, 9.17) is 10.5 Å². The lowest BCUT2D eigenvalue weighted by molar-refractivity contribution is 0.0983. The molecule has 0 atom stereocenters. The van der Waals surface area contributed by atoms with Crippen LogP contribution in [-0.2, 0) is 6.42 Å². The van der Waals surface area contributed by atoms with Gasteiger partial charge in [0.05, 0.1) is 12.8 Å². The SMILES string of the molecule is COc1cccc(C(=O)CCc2ccccc2)c1N. The zero-order chi connectivity index (χ0) is 13.7. The number of methoxy groups -OCH3 is 1. The van der Waals surface area contributed by atoms with E-state index < -0.39 is 0 Å². The van der Waals surface area contributed by atoms with E-state index in [1.54, 1.807) is 25.3 Å². The highest BCUT2D eigenvalue weighted by Crippen LogP contribution is 2.26. The van der Waals surface area contributed by atoms with E-state index in [-0.39, 0.29) is 5.78 Å². The summed E-state index contributed by atoms with van der Waals surface area (Å²) in [6.07, 6.45) is 1.16. The molecule has 2 N–H and O–H groups in total. The topological polar surface area (TPSA) is 52.3 Å². The second-order valence-corrected chi connectivity index (χ2v) is 4.33. The molecule has 3 nitrogen and oxygen atoms in total. The molecule has 0 bridgehead atoms. The number of nitrogens with two attached hydrogens (primary N) is 1. The van der Waals surface area contributed by atoms with Gasteiger partial charge in [0.15, 0.2) is 5.78 Å².